The normalized spacial score (nSPS) is 10.5. The Morgan fingerprint density at radius 3 is 2.43 bits per heavy atom. The lowest BCUT2D eigenvalue weighted by molar-refractivity contribution is 0.746. The molecule has 3 nitrogen and oxygen atoms in total. The van der Waals surface area contributed by atoms with E-state index >= 15 is 0 Å². The van der Waals surface area contributed by atoms with Crippen molar-refractivity contribution in [1.82, 2.24) is 9.97 Å². The Kier molecular flexibility index (Phi) is 3.86. The summed E-state index contributed by atoms with van der Waals surface area (Å²) in [7, 11) is 0. The van der Waals surface area contributed by atoms with E-state index < -0.39 is 0 Å². The highest BCUT2D eigenvalue weighted by atomic mass is 14.9. The lowest BCUT2D eigenvalue weighted by atomic mass is 10.1. The van der Waals surface area contributed by atoms with E-state index in [9.17, 15) is 0 Å². The van der Waals surface area contributed by atoms with Crippen LogP contribution in [0.1, 0.15) is 43.8 Å². The molecule has 3 heteroatoms. The summed E-state index contributed by atoms with van der Waals surface area (Å²) >= 11 is 0. The van der Waals surface area contributed by atoms with Gasteiger partial charge in [0.15, 0.2) is 0 Å². The fraction of sp³-hybridized carbons (Fsp3) is 0.636. The second-order valence-corrected chi connectivity index (χ2v) is 3.55. The van der Waals surface area contributed by atoms with Gasteiger partial charge in [0.1, 0.15) is 11.6 Å². The molecule has 0 aromatic carbocycles. The SMILES string of the molecule is CCCCc1nc(C)c(CC)c(N)n1. The standard InChI is InChI=1S/C11H19N3/c1-4-6-7-10-13-8(3)9(5-2)11(12)14-10/h4-7H2,1-3H3,(H2,12,13,14). The molecule has 0 spiro atoms. The van der Waals surface area contributed by atoms with Gasteiger partial charge in [-0.3, -0.25) is 0 Å². The minimum absolute atomic E-state index is 0.658. The molecule has 0 fully saturated rings. The quantitative estimate of drug-likeness (QED) is 0.798. The number of aromatic nitrogens is 2. The van der Waals surface area contributed by atoms with E-state index in [-0.39, 0.29) is 0 Å². The molecule has 1 aromatic rings. The van der Waals surface area contributed by atoms with Crippen molar-refractivity contribution in [2.45, 2.75) is 46.5 Å². The van der Waals surface area contributed by atoms with E-state index in [2.05, 4.69) is 23.8 Å². The first-order chi connectivity index (χ1) is 6.69. The zero-order chi connectivity index (χ0) is 10.6. The Labute approximate surface area is 85.8 Å². The number of anilines is 1. The molecule has 0 aliphatic heterocycles. The molecular weight excluding hydrogens is 174 g/mol. The van der Waals surface area contributed by atoms with Crippen molar-refractivity contribution in [3.8, 4) is 0 Å². The molecule has 1 aromatic heterocycles. The highest BCUT2D eigenvalue weighted by Gasteiger charge is 2.06. The number of aryl methyl sites for hydroxylation is 2. The van der Waals surface area contributed by atoms with E-state index in [0.717, 1.165) is 42.8 Å². The van der Waals surface area contributed by atoms with Crippen LogP contribution in [0.4, 0.5) is 5.82 Å². The first-order valence-electron chi connectivity index (χ1n) is 5.30. The number of nitrogen functional groups attached to an aromatic ring is 1. The molecule has 0 saturated carbocycles. The lowest BCUT2D eigenvalue weighted by Gasteiger charge is -2.08. The maximum atomic E-state index is 5.85. The van der Waals surface area contributed by atoms with Gasteiger partial charge in [0.25, 0.3) is 0 Å². The zero-order valence-electron chi connectivity index (χ0n) is 9.30. The first kappa shape index (κ1) is 11.0. The van der Waals surface area contributed by atoms with E-state index in [4.69, 9.17) is 5.73 Å². The fourth-order valence-electron chi connectivity index (χ4n) is 1.56. The van der Waals surface area contributed by atoms with Crippen LogP contribution in [0, 0.1) is 6.92 Å². The van der Waals surface area contributed by atoms with Gasteiger partial charge in [0, 0.05) is 17.7 Å². The zero-order valence-corrected chi connectivity index (χ0v) is 9.30. The van der Waals surface area contributed by atoms with E-state index in [1.807, 2.05) is 6.92 Å². The van der Waals surface area contributed by atoms with Crippen LogP contribution in [0.5, 0.6) is 0 Å². The largest absolute Gasteiger partial charge is 0.383 e. The Hall–Kier alpha value is -1.12. The lowest BCUT2D eigenvalue weighted by Crippen LogP contribution is -2.06. The summed E-state index contributed by atoms with van der Waals surface area (Å²) in [5.41, 5.74) is 7.97. The second kappa shape index (κ2) is 4.94. The highest BCUT2D eigenvalue weighted by Crippen LogP contribution is 2.14. The van der Waals surface area contributed by atoms with Crippen LogP contribution in [0.2, 0.25) is 0 Å². The molecule has 0 radical (unpaired) electrons. The van der Waals surface area contributed by atoms with Crippen molar-refractivity contribution in [2.75, 3.05) is 5.73 Å². The maximum absolute atomic E-state index is 5.85. The maximum Gasteiger partial charge on any atom is 0.131 e. The minimum atomic E-state index is 0.658. The number of nitrogens with zero attached hydrogens (tertiary/aromatic N) is 2. The van der Waals surface area contributed by atoms with Crippen LogP contribution < -0.4 is 5.73 Å². The number of unbranched alkanes of at least 4 members (excludes halogenated alkanes) is 1. The van der Waals surface area contributed by atoms with Crippen LogP contribution in [-0.4, -0.2) is 9.97 Å². The van der Waals surface area contributed by atoms with Crippen LogP contribution in [-0.2, 0) is 12.8 Å². The topological polar surface area (TPSA) is 51.8 Å². The van der Waals surface area contributed by atoms with Gasteiger partial charge in [-0.1, -0.05) is 20.3 Å². The number of nitrogens with two attached hydrogens (primary N) is 1. The molecular formula is C11H19N3. The molecule has 0 saturated heterocycles. The molecule has 0 bridgehead atoms. The average molecular weight is 193 g/mol. The molecule has 1 heterocycles. The van der Waals surface area contributed by atoms with Gasteiger partial charge >= 0.3 is 0 Å². The molecule has 1 rings (SSSR count). The number of rotatable bonds is 4. The Balaban J connectivity index is 2.90. The van der Waals surface area contributed by atoms with Crippen molar-refractivity contribution in [3.05, 3.63) is 17.1 Å². The van der Waals surface area contributed by atoms with Crippen molar-refractivity contribution >= 4 is 5.82 Å². The van der Waals surface area contributed by atoms with Gasteiger partial charge in [-0.25, -0.2) is 9.97 Å². The molecule has 0 atom stereocenters. The van der Waals surface area contributed by atoms with Crippen molar-refractivity contribution in [1.29, 1.82) is 0 Å². The third-order valence-corrected chi connectivity index (χ3v) is 2.40. The van der Waals surface area contributed by atoms with E-state index in [1.54, 1.807) is 0 Å². The van der Waals surface area contributed by atoms with Crippen LogP contribution >= 0.6 is 0 Å². The Morgan fingerprint density at radius 2 is 1.93 bits per heavy atom. The molecule has 0 aliphatic rings. The van der Waals surface area contributed by atoms with Crippen LogP contribution in [0.25, 0.3) is 0 Å². The van der Waals surface area contributed by atoms with Gasteiger partial charge in [0.05, 0.1) is 0 Å². The molecule has 78 valence electrons. The Bertz CT molecular complexity index is 284. The van der Waals surface area contributed by atoms with Crippen molar-refractivity contribution < 1.29 is 0 Å². The summed E-state index contributed by atoms with van der Waals surface area (Å²) in [6, 6.07) is 0. The summed E-state index contributed by atoms with van der Waals surface area (Å²) in [6.45, 7) is 6.25. The minimum Gasteiger partial charge on any atom is -0.383 e. The summed E-state index contributed by atoms with van der Waals surface area (Å²) in [4.78, 5) is 8.76. The Morgan fingerprint density at radius 1 is 1.21 bits per heavy atom. The third kappa shape index (κ3) is 2.44. The summed E-state index contributed by atoms with van der Waals surface area (Å²) < 4.78 is 0. The van der Waals surface area contributed by atoms with Gasteiger partial charge in [0.2, 0.25) is 0 Å². The van der Waals surface area contributed by atoms with Crippen molar-refractivity contribution in [3.63, 3.8) is 0 Å². The predicted octanol–water partition coefficient (Wildman–Crippen LogP) is 2.27. The molecule has 0 unspecified atom stereocenters. The monoisotopic (exact) mass is 193 g/mol. The number of hydrogen-bond donors (Lipinski definition) is 1. The summed E-state index contributed by atoms with van der Waals surface area (Å²) in [6.07, 6.45) is 4.14. The predicted molar refractivity (Wildman–Crippen MR) is 59.2 cm³/mol. The second-order valence-electron chi connectivity index (χ2n) is 3.55. The molecule has 14 heavy (non-hydrogen) atoms. The molecule has 0 aliphatic carbocycles. The van der Waals surface area contributed by atoms with Crippen LogP contribution in [0.15, 0.2) is 0 Å². The third-order valence-electron chi connectivity index (χ3n) is 2.40. The molecule has 2 N–H and O–H groups in total. The van der Waals surface area contributed by atoms with Gasteiger partial charge < -0.3 is 5.73 Å². The van der Waals surface area contributed by atoms with E-state index in [0.29, 0.717) is 5.82 Å². The fourth-order valence-corrected chi connectivity index (χ4v) is 1.56. The molecule has 0 amide bonds. The smallest absolute Gasteiger partial charge is 0.131 e. The van der Waals surface area contributed by atoms with E-state index in [1.165, 1.54) is 0 Å². The van der Waals surface area contributed by atoms with Crippen LogP contribution in [0.3, 0.4) is 0 Å². The summed E-state index contributed by atoms with van der Waals surface area (Å²) in [5, 5.41) is 0. The first-order valence-corrected chi connectivity index (χ1v) is 5.30. The van der Waals surface area contributed by atoms with Gasteiger partial charge in [-0.2, -0.15) is 0 Å². The van der Waals surface area contributed by atoms with Gasteiger partial charge in [-0.05, 0) is 19.8 Å². The summed E-state index contributed by atoms with van der Waals surface area (Å²) in [5.74, 6) is 1.55. The van der Waals surface area contributed by atoms with Gasteiger partial charge in [-0.15, -0.1) is 0 Å². The van der Waals surface area contributed by atoms with Crippen molar-refractivity contribution in [2.24, 2.45) is 0 Å². The highest BCUT2D eigenvalue weighted by molar-refractivity contribution is 5.41. The number of hydrogen-bond acceptors (Lipinski definition) is 3. The average Bonchev–Trinajstić information content (AvgIpc) is 2.14.